The third-order valence-electron chi connectivity index (χ3n) is 6.13. The molecular weight excluding hydrogens is 406 g/mol. The molecule has 1 N–H and O–H groups in total. The topological polar surface area (TPSA) is 84.3 Å². The van der Waals surface area contributed by atoms with Crippen molar-refractivity contribution in [1.82, 2.24) is 9.13 Å². The van der Waals surface area contributed by atoms with Crippen LogP contribution in [-0.4, -0.2) is 20.8 Å². The van der Waals surface area contributed by atoms with Crippen LogP contribution < -0.4 is 16.2 Å². The third kappa shape index (κ3) is 2.74. The summed E-state index contributed by atoms with van der Waals surface area (Å²) in [7, 11) is 3.12. The lowest BCUT2D eigenvalue weighted by atomic mass is 9.81. The predicted molar refractivity (Wildman–Crippen MR) is 120 cm³/mol. The summed E-state index contributed by atoms with van der Waals surface area (Å²) in [6, 6.07) is 15.5. The largest absolute Gasteiger partial charge is 0.426 e. The maximum atomic E-state index is 13.4. The number of benzene rings is 2. The molecule has 3 aromatic rings. The second-order valence-electron chi connectivity index (χ2n) is 8.19. The fourth-order valence-corrected chi connectivity index (χ4v) is 4.60. The van der Waals surface area contributed by atoms with E-state index >= 15 is 0 Å². The van der Waals surface area contributed by atoms with Gasteiger partial charge in [-0.15, -0.1) is 0 Å². The van der Waals surface area contributed by atoms with Crippen LogP contribution in [0.4, 0.5) is 5.82 Å². The molecule has 1 aliphatic carbocycles. The summed E-state index contributed by atoms with van der Waals surface area (Å²) >= 11 is 0. The second-order valence-corrected chi connectivity index (χ2v) is 8.19. The number of nitrogens with zero attached hydrogens (tertiary/aromatic N) is 2. The van der Waals surface area contributed by atoms with Crippen molar-refractivity contribution in [3.63, 3.8) is 0 Å². The Labute approximate surface area is 183 Å². The van der Waals surface area contributed by atoms with E-state index in [9.17, 15) is 14.4 Å². The van der Waals surface area contributed by atoms with Gasteiger partial charge in [-0.2, -0.15) is 4.57 Å². The van der Waals surface area contributed by atoms with Gasteiger partial charge in [0.25, 0.3) is 11.4 Å². The number of aryl methyl sites for hydroxylation is 1. The Morgan fingerprint density at radius 2 is 1.62 bits per heavy atom. The smallest absolute Gasteiger partial charge is 0.417 e. The predicted octanol–water partition coefficient (Wildman–Crippen LogP) is 1.03. The number of aromatic nitrogens is 2. The number of nitrogens with one attached hydrogen (secondary N) is 1. The van der Waals surface area contributed by atoms with Gasteiger partial charge >= 0.3 is 11.7 Å². The number of hydrogen-bond acceptors (Lipinski definition) is 4. The molecule has 2 heterocycles. The Kier molecular flexibility index (Phi) is 4.37. The van der Waals surface area contributed by atoms with E-state index in [4.69, 9.17) is 4.74 Å². The van der Waals surface area contributed by atoms with Crippen molar-refractivity contribution in [3.8, 4) is 0 Å². The van der Waals surface area contributed by atoms with Gasteiger partial charge in [0.15, 0.2) is 0 Å². The molecule has 1 atom stereocenters. The van der Waals surface area contributed by atoms with E-state index in [-0.39, 0.29) is 5.56 Å². The van der Waals surface area contributed by atoms with E-state index in [0.29, 0.717) is 22.7 Å². The van der Waals surface area contributed by atoms with Gasteiger partial charge in [-0.3, -0.25) is 9.59 Å². The molecule has 0 spiro atoms. The number of allylic oxidation sites excluding steroid dienone is 1. The zero-order valence-electron chi connectivity index (χ0n) is 18.2. The van der Waals surface area contributed by atoms with Crippen molar-refractivity contribution in [1.29, 1.82) is 0 Å². The molecule has 32 heavy (non-hydrogen) atoms. The monoisotopic (exact) mass is 428 g/mol. The molecule has 0 saturated heterocycles. The molecule has 1 unspecified atom stereocenters. The van der Waals surface area contributed by atoms with Crippen molar-refractivity contribution in [2.24, 2.45) is 14.1 Å². The number of esters is 1. The van der Waals surface area contributed by atoms with Crippen molar-refractivity contribution in [2.75, 3.05) is 0 Å². The Balaban J connectivity index is 1.95. The maximum Gasteiger partial charge on any atom is 0.417 e. The Bertz CT molecular complexity index is 1490. The number of hydrogen-bond donors (Lipinski definition) is 1. The van der Waals surface area contributed by atoms with Crippen LogP contribution in [0.2, 0.25) is 0 Å². The van der Waals surface area contributed by atoms with Gasteiger partial charge in [0, 0.05) is 25.1 Å². The van der Waals surface area contributed by atoms with Crippen LogP contribution in [0.3, 0.4) is 0 Å². The highest BCUT2D eigenvalue weighted by Crippen LogP contribution is 2.44. The van der Waals surface area contributed by atoms with Crippen LogP contribution in [0.25, 0.3) is 5.76 Å². The number of carbonyl (C=O) groups excluding carboxylic acids is 1. The van der Waals surface area contributed by atoms with E-state index < -0.39 is 17.6 Å². The molecule has 0 radical (unpaired) electrons. The second kappa shape index (κ2) is 7.02. The highest BCUT2D eigenvalue weighted by Gasteiger charge is 2.45. The molecule has 2 aliphatic rings. The molecular formula is C25H22N3O4+. The molecule has 7 heteroatoms. The zero-order chi connectivity index (χ0) is 22.7. The van der Waals surface area contributed by atoms with Gasteiger partial charge in [0.05, 0.1) is 18.5 Å². The molecule has 1 aliphatic heterocycles. The minimum absolute atomic E-state index is 0.383. The Morgan fingerprint density at radius 1 is 0.969 bits per heavy atom. The molecule has 0 saturated carbocycles. The fourth-order valence-electron chi connectivity index (χ4n) is 4.60. The average molecular weight is 428 g/mol. The summed E-state index contributed by atoms with van der Waals surface area (Å²) in [6.45, 7) is 3.36. The molecule has 7 nitrogen and oxygen atoms in total. The van der Waals surface area contributed by atoms with Gasteiger partial charge in [0.2, 0.25) is 0 Å². The standard InChI is InChI=1S/C25H21N3O4/c1-13-9-11-15(12-10-13)18-19-21(16-7-5-6-8-17(16)22(19)32-14(2)29)26-23-20(18)24(30)28(4)25(31)27(23)3/h5-12,18H,1-4H3/p+1. The highest BCUT2D eigenvalue weighted by molar-refractivity contribution is 6.22. The van der Waals surface area contributed by atoms with Crippen LogP contribution in [0.5, 0.6) is 0 Å². The fraction of sp³-hybridized carbons (Fsp3) is 0.200. The number of carbonyl (C=O) groups is 1. The van der Waals surface area contributed by atoms with E-state index in [1.54, 1.807) is 7.05 Å². The minimum Gasteiger partial charge on any atom is -0.426 e. The average Bonchev–Trinajstić information content (AvgIpc) is 3.08. The maximum absolute atomic E-state index is 13.4. The molecule has 0 amide bonds. The Hall–Kier alpha value is -4.00. The van der Waals surface area contributed by atoms with E-state index in [2.05, 4.69) is 4.99 Å². The van der Waals surface area contributed by atoms with Crippen LogP contribution in [0.15, 0.2) is 63.7 Å². The van der Waals surface area contributed by atoms with Crippen molar-refractivity contribution in [3.05, 3.63) is 103 Å². The van der Waals surface area contributed by atoms with Gasteiger partial charge in [0.1, 0.15) is 17.0 Å². The van der Waals surface area contributed by atoms with Crippen LogP contribution in [0, 0.1) is 6.92 Å². The molecule has 1 aromatic heterocycles. The first-order valence-corrected chi connectivity index (χ1v) is 10.3. The van der Waals surface area contributed by atoms with Crippen molar-refractivity contribution in [2.45, 2.75) is 19.8 Å². The molecule has 0 fully saturated rings. The highest BCUT2D eigenvalue weighted by atomic mass is 16.5. The third-order valence-corrected chi connectivity index (χ3v) is 6.13. The summed E-state index contributed by atoms with van der Waals surface area (Å²) in [6.07, 6.45) is 0. The lowest BCUT2D eigenvalue weighted by Crippen LogP contribution is -2.73. The Morgan fingerprint density at radius 3 is 2.28 bits per heavy atom. The van der Waals surface area contributed by atoms with E-state index in [1.807, 2.05) is 55.5 Å². The zero-order valence-corrected chi connectivity index (χ0v) is 18.2. The van der Waals surface area contributed by atoms with Gasteiger partial charge in [-0.05, 0) is 18.6 Å². The minimum atomic E-state index is -0.519. The molecule has 2 aromatic carbocycles. The van der Waals surface area contributed by atoms with Crippen molar-refractivity contribution < 1.29 is 14.5 Å². The number of ether oxygens (including phenoxy) is 1. The first kappa shape index (κ1) is 19.9. The lowest BCUT2D eigenvalue weighted by Gasteiger charge is -2.24. The first-order valence-electron chi connectivity index (χ1n) is 10.3. The van der Waals surface area contributed by atoms with Gasteiger partial charge in [-0.1, -0.05) is 48.0 Å². The number of fused-ring (bicyclic) bond motifs is 4. The summed E-state index contributed by atoms with van der Waals surface area (Å²) in [5, 5.41) is 0. The van der Waals surface area contributed by atoms with E-state index in [1.165, 1.54) is 18.5 Å². The van der Waals surface area contributed by atoms with Crippen molar-refractivity contribution >= 4 is 23.3 Å². The molecule has 5 rings (SSSR count). The quantitative estimate of drug-likeness (QED) is 0.618. The van der Waals surface area contributed by atoms with E-state index in [0.717, 1.165) is 32.5 Å². The summed E-state index contributed by atoms with van der Waals surface area (Å²) in [5.74, 6) is -0.0801. The summed E-state index contributed by atoms with van der Waals surface area (Å²) in [4.78, 5) is 41.5. The summed E-state index contributed by atoms with van der Waals surface area (Å²) < 4.78 is 8.29. The number of rotatable bonds is 2. The summed E-state index contributed by atoms with van der Waals surface area (Å²) in [5.41, 5.74) is 4.68. The van der Waals surface area contributed by atoms with Crippen LogP contribution in [0.1, 0.15) is 40.7 Å². The molecule has 160 valence electrons. The van der Waals surface area contributed by atoms with Gasteiger partial charge in [-0.25, -0.2) is 14.4 Å². The van der Waals surface area contributed by atoms with Crippen LogP contribution >= 0.6 is 0 Å². The first-order chi connectivity index (χ1) is 15.3. The van der Waals surface area contributed by atoms with Crippen LogP contribution in [-0.2, 0) is 23.6 Å². The SMILES string of the molecule is CC(=O)OC1=C2C(=[NH+]c3c(c(=O)n(C)c(=O)n3C)C2c2ccc(C)cc2)c2ccccc21. The molecule has 0 bridgehead atoms. The normalized spacial score (nSPS) is 16.2. The lowest BCUT2D eigenvalue weighted by molar-refractivity contribution is -0.364. The van der Waals surface area contributed by atoms with Gasteiger partial charge < -0.3 is 4.74 Å².